The summed E-state index contributed by atoms with van der Waals surface area (Å²) in [6, 6.07) is 16.1. The van der Waals surface area contributed by atoms with E-state index in [-0.39, 0.29) is 29.5 Å². The van der Waals surface area contributed by atoms with Crippen molar-refractivity contribution in [2.24, 2.45) is 0 Å². The molecule has 0 spiro atoms. The molecule has 0 N–H and O–H groups in total. The molecule has 0 unspecified atom stereocenters. The Labute approximate surface area is 261 Å². The lowest BCUT2D eigenvalue weighted by Gasteiger charge is -2.17. The predicted octanol–water partition coefficient (Wildman–Crippen LogP) is 9.02. The molecule has 0 saturated heterocycles. The Morgan fingerprint density at radius 1 is 0.951 bits per heavy atom. The number of alkyl halides is 1. The number of hydrogen-bond donors (Lipinski definition) is 0. The zero-order valence-corrected chi connectivity index (χ0v) is 25.8. The number of halogens is 4. The van der Waals surface area contributed by atoms with Crippen molar-refractivity contribution in [3.8, 4) is 34.4 Å². The third kappa shape index (κ3) is 7.52. The Morgan fingerprint density at radius 2 is 1.76 bits per heavy atom. The molecule has 3 aromatic carbocycles. The van der Waals surface area contributed by atoms with Gasteiger partial charge < -0.3 is 14.2 Å². The average molecular weight is 675 g/mol. The molecule has 4 aromatic rings. The second-order valence-electron chi connectivity index (χ2n) is 8.92. The van der Waals surface area contributed by atoms with Crippen LogP contribution in [0.4, 0.5) is 0 Å². The topological polar surface area (TPSA) is 81.4 Å². The number of nitrogens with zero attached hydrogens (tertiary/aromatic N) is 2. The molecule has 0 radical (unpaired) electrons. The normalized spacial score (nSPS) is 10.6. The van der Waals surface area contributed by atoms with Gasteiger partial charge in [-0.3, -0.25) is 9.78 Å². The molecular formula is C31H24BrCl3N2O4. The summed E-state index contributed by atoms with van der Waals surface area (Å²) in [5.41, 5.74) is 4.49. The Kier molecular flexibility index (Phi) is 10.9. The number of rotatable bonds is 12. The Bertz CT molecular complexity index is 1610. The fourth-order valence-electron chi connectivity index (χ4n) is 4.05. The molecule has 0 bridgehead atoms. The van der Waals surface area contributed by atoms with Gasteiger partial charge in [0.05, 0.1) is 27.8 Å². The summed E-state index contributed by atoms with van der Waals surface area (Å²) in [6.07, 6.45) is 4.57. The summed E-state index contributed by atoms with van der Waals surface area (Å²) >= 11 is 23.4. The van der Waals surface area contributed by atoms with Crippen LogP contribution in [0.15, 0.2) is 60.9 Å². The number of aromatic nitrogens is 1. The number of aldehydes is 1. The molecule has 0 atom stereocenters. The monoisotopic (exact) mass is 672 g/mol. The molecule has 4 rings (SSSR count). The van der Waals surface area contributed by atoms with E-state index in [1.165, 1.54) is 12.3 Å². The molecule has 41 heavy (non-hydrogen) atoms. The van der Waals surface area contributed by atoms with Crippen LogP contribution in [-0.2, 0) is 13.2 Å². The van der Waals surface area contributed by atoms with E-state index in [1.807, 2.05) is 31.2 Å². The van der Waals surface area contributed by atoms with Crippen LogP contribution in [0.2, 0.25) is 15.1 Å². The first-order valence-corrected chi connectivity index (χ1v) is 14.8. The van der Waals surface area contributed by atoms with Crippen LogP contribution in [0.5, 0.6) is 17.2 Å². The average Bonchev–Trinajstić information content (AvgIpc) is 2.98. The van der Waals surface area contributed by atoms with Gasteiger partial charge in [0.2, 0.25) is 0 Å². The quantitative estimate of drug-likeness (QED) is 0.0848. The molecule has 1 heterocycles. The number of carbonyl (C=O) groups is 1. The molecule has 0 fully saturated rings. The minimum Gasteiger partial charge on any atom is -0.493 e. The van der Waals surface area contributed by atoms with Crippen molar-refractivity contribution >= 4 is 57.0 Å². The molecule has 0 aliphatic rings. The summed E-state index contributed by atoms with van der Waals surface area (Å²) in [4.78, 5) is 15.7. The fraction of sp³-hybridized carbons (Fsp3) is 0.194. The lowest BCUT2D eigenvalue weighted by Crippen LogP contribution is -2.03. The summed E-state index contributed by atoms with van der Waals surface area (Å²) in [6.45, 7) is 2.73. The van der Waals surface area contributed by atoms with Gasteiger partial charge in [-0.15, -0.1) is 0 Å². The molecule has 1 aromatic heterocycles. The minimum absolute atomic E-state index is 0.0806. The van der Waals surface area contributed by atoms with Crippen molar-refractivity contribution in [2.75, 3.05) is 11.9 Å². The first-order valence-electron chi connectivity index (χ1n) is 12.5. The van der Waals surface area contributed by atoms with Gasteiger partial charge in [0.1, 0.15) is 36.5 Å². The van der Waals surface area contributed by atoms with Crippen molar-refractivity contribution in [3.63, 3.8) is 0 Å². The Hall–Kier alpha value is -3.28. The van der Waals surface area contributed by atoms with Gasteiger partial charge in [0.25, 0.3) is 0 Å². The van der Waals surface area contributed by atoms with Gasteiger partial charge in [0.15, 0.2) is 6.29 Å². The third-order valence-electron chi connectivity index (χ3n) is 6.15. The Morgan fingerprint density at radius 3 is 2.51 bits per heavy atom. The summed E-state index contributed by atoms with van der Waals surface area (Å²) < 4.78 is 17.9. The first-order chi connectivity index (χ1) is 19.9. The van der Waals surface area contributed by atoms with Gasteiger partial charge in [0, 0.05) is 45.5 Å². The number of hydrogen-bond acceptors (Lipinski definition) is 6. The summed E-state index contributed by atoms with van der Waals surface area (Å²) in [5.74, 6) is 1.35. The number of carbonyl (C=O) groups excluding carboxylic acids is 1. The first kappa shape index (κ1) is 30.7. The van der Waals surface area contributed by atoms with Crippen LogP contribution in [0, 0.1) is 18.3 Å². The zero-order valence-electron chi connectivity index (χ0n) is 21.9. The van der Waals surface area contributed by atoms with E-state index in [0.29, 0.717) is 50.9 Å². The van der Waals surface area contributed by atoms with Gasteiger partial charge >= 0.3 is 0 Å². The van der Waals surface area contributed by atoms with E-state index in [0.717, 1.165) is 28.6 Å². The third-order valence-corrected chi connectivity index (χ3v) is 7.76. The summed E-state index contributed by atoms with van der Waals surface area (Å²) in [7, 11) is 0. The lowest BCUT2D eigenvalue weighted by atomic mass is 9.98. The van der Waals surface area contributed by atoms with E-state index < -0.39 is 0 Å². The van der Waals surface area contributed by atoms with Crippen molar-refractivity contribution in [3.05, 3.63) is 104 Å². The van der Waals surface area contributed by atoms with Gasteiger partial charge in [-0.25, -0.2) is 0 Å². The molecule has 6 nitrogen and oxygen atoms in total. The molecular weight excluding hydrogens is 651 g/mol. The second kappa shape index (κ2) is 14.6. The van der Waals surface area contributed by atoms with Crippen LogP contribution in [-0.4, -0.2) is 23.2 Å². The summed E-state index contributed by atoms with van der Waals surface area (Å²) in [5, 5.41) is 11.1. The van der Waals surface area contributed by atoms with Crippen LogP contribution in [0.3, 0.4) is 0 Å². The molecule has 10 heteroatoms. The predicted molar refractivity (Wildman–Crippen MR) is 165 cm³/mol. The van der Waals surface area contributed by atoms with Crippen LogP contribution in [0.1, 0.15) is 39.0 Å². The van der Waals surface area contributed by atoms with Crippen LogP contribution in [0.25, 0.3) is 11.1 Å². The maximum Gasteiger partial charge on any atom is 0.153 e. The van der Waals surface area contributed by atoms with E-state index in [2.05, 4.69) is 20.9 Å². The lowest BCUT2D eigenvalue weighted by molar-refractivity contribution is 0.111. The highest BCUT2D eigenvalue weighted by atomic mass is 79.9. The van der Waals surface area contributed by atoms with Crippen molar-refractivity contribution in [1.29, 1.82) is 5.26 Å². The van der Waals surface area contributed by atoms with Crippen molar-refractivity contribution < 1.29 is 19.0 Å². The number of benzene rings is 3. The second-order valence-corrected chi connectivity index (χ2v) is 10.9. The van der Waals surface area contributed by atoms with E-state index in [9.17, 15) is 4.79 Å². The maximum atomic E-state index is 11.7. The standard InChI is InChI=1S/C31H24BrCl3N2O4/c1-19-24(4-2-5-27(19)39-9-3-8-32)30-25(33)7-6-22(31(30)35)18-41-29-12-28(23(16-38)11-26(29)34)40-17-21-10-20(13-36)14-37-15-21/h2,4-7,10-12,14-16H,3,8-9,17-18H2,1H3. The van der Waals surface area contributed by atoms with E-state index in [4.69, 9.17) is 54.3 Å². The largest absolute Gasteiger partial charge is 0.493 e. The van der Waals surface area contributed by atoms with E-state index in [1.54, 1.807) is 30.5 Å². The minimum atomic E-state index is 0.0806. The Balaban J connectivity index is 1.57. The van der Waals surface area contributed by atoms with Crippen LogP contribution < -0.4 is 14.2 Å². The highest BCUT2D eigenvalue weighted by Gasteiger charge is 2.18. The molecule has 0 saturated carbocycles. The number of ether oxygens (including phenoxy) is 3. The molecule has 0 aliphatic heterocycles. The van der Waals surface area contributed by atoms with Crippen molar-refractivity contribution in [2.45, 2.75) is 26.6 Å². The number of pyridine rings is 1. The highest BCUT2D eigenvalue weighted by molar-refractivity contribution is 9.09. The number of nitriles is 1. The molecule has 210 valence electrons. The van der Waals surface area contributed by atoms with Crippen molar-refractivity contribution in [1.82, 2.24) is 4.98 Å². The van der Waals surface area contributed by atoms with Gasteiger partial charge in [-0.2, -0.15) is 5.26 Å². The fourth-order valence-corrected chi connectivity index (χ4v) is 5.14. The molecule has 0 amide bonds. The van der Waals surface area contributed by atoms with Gasteiger partial charge in [-0.1, -0.05) is 68.9 Å². The molecule has 0 aliphatic carbocycles. The highest BCUT2D eigenvalue weighted by Crippen LogP contribution is 2.41. The van der Waals surface area contributed by atoms with E-state index >= 15 is 0 Å². The maximum absolute atomic E-state index is 11.7. The SMILES string of the molecule is Cc1c(OCCCBr)cccc1-c1c(Cl)ccc(COc2cc(OCc3cncc(C#N)c3)c(C=O)cc2Cl)c1Cl. The zero-order chi connectivity index (χ0) is 29.4. The van der Waals surface area contributed by atoms with Gasteiger partial charge in [-0.05, 0) is 48.7 Å². The smallest absolute Gasteiger partial charge is 0.153 e. The van der Waals surface area contributed by atoms with Crippen LogP contribution >= 0.6 is 50.7 Å².